The molecule has 2 aliphatic rings. The normalized spacial score (nSPS) is 21.0. The van der Waals surface area contributed by atoms with E-state index in [1.165, 1.54) is 36.5 Å². The van der Waals surface area contributed by atoms with Crippen LogP contribution in [0.15, 0.2) is 35.3 Å². The summed E-state index contributed by atoms with van der Waals surface area (Å²) in [5.74, 6) is 0.887. The van der Waals surface area contributed by atoms with Gasteiger partial charge in [-0.1, -0.05) is 26.3 Å². The van der Waals surface area contributed by atoms with E-state index < -0.39 is 0 Å². The third kappa shape index (κ3) is 3.28. The van der Waals surface area contributed by atoms with Crippen LogP contribution in [0.2, 0.25) is 0 Å². The van der Waals surface area contributed by atoms with Crippen LogP contribution in [0.3, 0.4) is 0 Å². The maximum atomic E-state index is 11.3. The summed E-state index contributed by atoms with van der Waals surface area (Å²) in [5.41, 5.74) is 2.81. The van der Waals surface area contributed by atoms with Crippen LogP contribution in [0.25, 0.3) is 0 Å². The van der Waals surface area contributed by atoms with E-state index in [1.807, 2.05) is 4.57 Å². The maximum Gasteiger partial charge on any atom is 0.300 e. The van der Waals surface area contributed by atoms with E-state index in [9.17, 15) is 4.79 Å². The zero-order valence-corrected chi connectivity index (χ0v) is 14.8. The van der Waals surface area contributed by atoms with Crippen LogP contribution in [0.4, 0.5) is 0 Å². The fourth-order valence-electron chi connectivity index (χ4n) is 3.87. The molecule has 0 amide bonds. The van der Waals surface area contributed by atoms with E-state index >= 15 is 0 Å². The van der Waals surface area contributed by atoms with Crippen molar-refractivity contribution in [2.24, 2.45) is 0 Å². The first-order chi connectivity index (χ1) is 12.0. The van der Waals surface area contributed by atoms with Crippen LogP contribution in [0.5, 0.6) is 11.8 Å². The second-order valence-electron chi connectivity index (χ2n) is 7.66. The molecule has 2 aromatic rings. The van der Waals surface area contributed by atoms with Gasteiger partial charge in [0.2, 0.25) is 0 Å². The number of ether oxygens (including phenoxy) is 2. The van der Waals surface area contributed by atoms with Gasteiger partial charge in [-0.15, -0.1) is 0 Å². The van der Waals surface area contributed by atoms with Crippen molar-refractivity contribution in [3.8, 4) is 11.8 Å². The number of fused-ring (bicyclic) bond motifs is 2. The van der Waals surface area contributed by atoms with Crippen LogP contribution < -0.4 is 15.0 Å². The van der Waals surface area contributed by atoms with Gasteiger partial charge < -0.3 is 9.47 Å². The second kappa shape index (κ2) is 6.21. The Kier molecular flexibility index (Phi) is 4.02. The predicted octanol–water partition coefficient (Wildman–Crippen LogP) is 3.09. The Morgan fingerprint density at radius 3 is 3.08 bits per heavy atom. The molecule has 25 heavy (non-hydrogen) atoms. The van der Waals surface area contributed by atoms with E-state index in [0.29, 0.717) is 19.2 Å². The molecule has 0 spiro atoms. The Labute approximate surface area is 147 Å². The lowest BCUT2D eigenvalue weighted by molar-refractivity contribution is 0.143. The Morgan fingerprint density at radius 2 is 2.20 bits per heavy atom. The number of hydrogen-bond acceptors (Lipinski definition) is 4. The number of aromatic nitrogens is 2. The number of aryl methyl sites for hydroxylation is 1. The summed E-state index contributed by atoms with van der Waals surface area (Å²) >= 11 is 0. The largest absolute Gasteiger partial charge is 0.490 e. The number of nitrogens with zero attached hydrogens (tertiary/aromatic N) is 2. The van der Waals surface area contributed by atoms with Crippen LogP contribution in [-0.4, -0.2) is 22.3 Å². The summed E-state index contributed by atoms with van der Waals surface area (Å²) in [4.78, 5) is 15.2. The first-order valence-corrected chi connectivity index (χ1v) is 9.02. The van der Waals surface area contributed by atoms with E-state index in [1.54, 1.807) is 6.20 Å². The topological polar surface area (TPSA) is 53.4 Å². The summed E-state index contributed by atoms with van der Waals surface area (Å²) in [7, 11) is 0. The molecule has 0 bridgehead atoms. The standard InChI is InChI=1S/C20H24N2O3/c1-20(2)9-4-3-5-14-11-15(6-7-17(14)20)24-13-16-12-22-10-8-18(23)21-19(22)25-16/h6-8,10-11,16H,3-5,9,12-13H2,1-2H3. The van der Waals surface area contributed by atoms with Gasteiger partial charge in [0.05, 0.1) is 6.54 Å². The highest BCUT2D eigenvalue weighted by atomic mass is 16.6. The zero-order chi connectivity index (χ0) is 17.4. The predicted molar refractivity (Wildman–Crippen MR) is 95.4 cm³/mol. The van der Waals surface area contributed by atoms with Gasteiger partial charge in [0.15, 0.2) is 6.10 Å². The van der Waals surface area contributed by atoms with Crippen molar-refractivity contribution in [1.82, 2.24) is 9.55 Å². The molecule has 0 fully saturated rings. The molecule has 1 aliphatic heterocycles. The van der Waals surface area contributed by atoms with Crippen LogP contribution >= 0.6 is 0 Å². The molecule has 5 heteroatoms. The maximum absolute atomic E-state index is 11.3. The summed E-state index contributed by atoms with van der Waals surface area (Å²) in [6.45, 7) is 5.76. The number of hydrogen-bond donors (Lipinski definition) is 0. The quantitative estimate of drug-likeness (QED) is 0.806. The number of rotatable bonds is 3. The molecule has 2 heterocycles. The molecule has 5 nitrogen and oxygen atoms in total. The van der Waals surface area contributed by atoms with E-state index in [-0.39, 0.29) is 17.1 Å². The third-order valence-electron chi connectivity index (χ3n) is 5.26. The molecule has 132 valence electrons. The molecule has 0 N–H and O–H groups in total. The van der Waals surface area contributed by atoms with Crippen molar-refractivity contribution < 1.29 is 9.47 Å². The smallest absolute Gasteiger partial charge is 0.300 e. The average molecular weight is 340 g/mol. The van der Waals surface area contributed by atoms with E-state index in [4.69, 9.17) is 9.47 Å². The molecule has 1 aromatic heterocycles. The fraction of sp³-hybridized carbons (Fsp3) is 0.500. The molecular formula is C20H24N2O3. The first kappa shape index (κ1) is 16.2. The monoisotopic (exact) mass is 340 g/mol. The lowest BCUT2D eigenvalue weighted by Gasteiger charge is -2.25. The molecule has 0 radical (unpaired) electrons. The molecule has 1 aromatic carbocycles. The number of benzene rings is 1. The highest BCUT2D eigenvalue weighted by Crippen LogP contribution is 2.37. The highest BCUT2D eigenvalue weighted by Gasteiger charge is 2.27. The third-order valence-corrected chi connectivity index (χ3v) is 5.26. The van der Waals surface area contributed by atoms with Crippen molar-refractivity contribution in [2.45, 2.75) is 57.6 Å². The Balaban J connectivity index is 1.44. The summed E-state index contributed by atoms with van der Waals surface area (Å²) < 4.78 is 13.5. The van der Waals surface area contributed by atoms with Crippen LogP contribution in [0, 0.1) is 0 Å². The van der Waals surface area contributed by atoms with Gasteiger partial charge in [0.1, 0.15) is 12.4 Å². The Bertz CT molecular complexity index is 841. The summed E-state index contributed by atoms with van der Waals surface area (Å²) in [6.07, 6.45) is 6.46. The summed E-state index contributed by atoms with van der Waals surface area (Å²) in [6, 6.07) is 8.30. The van der Waals surface area contributed by atoms with Gasteiger partial charge in [-0.3, -0.25) is 9.36 Å². The van der Waals surface area contributed by atoms with Crippen molar-refractivity contribution >= 4 is 0 Å². The van der Waals surface area contributed by atoms with Crippen LogP contribution in [0.1, 0.15) is 44.2 Å². The second-order valence-corrected chi connectivity index (χ2v) is 7.66. The molecule has 0 saturated carbocycles. The van der Waals surface area contributed by atoms with Gasteiger partial charge in [-0.2, -0.15) is 4.98 Å². The van der Waals surface area contributed by atoms with E-state index in [0.717, 1.165) is 12.2 Å². The first-order valence-electron chi connectivity index (χ1n) is 9.02. The molecule has 1 unspecified atom stereocenters. The average Bonchev–Trinajstić information content (AvgIpc) is 2.91. The van der Waals surface area contributed by atoms with Crippen molar-refractivity contribution in [1.29, 1.82) is 0 Å². The van der Waals surface area contributed by atoms with Crippen molar-refractivity contribution in [3.05, 3.63) is 51.9 Å². The van der Waals surface area contributed by atoms with Crippen LogP contribution in [-0.2, 0) is 18.4 Å². The lowest BCUT2D eigenvalue weighted by atomic mass is 9.80. The minimum absolute atomic E-state index is 0.121. The Hall–Kier alpha value is -2.30. The minimum Gasteiger partial charge on any atom is -0.490 e. The van der Waals surface area contributed by atoms with Gasteiger partial charge in [-0.25, -0.2) is 0 Å². The van der Waals surface area contributed by atoms with E-state index in [2.05, 4.69) is 37.0 Å². The Morgan fingerprint density at radius 1 is 1.32 bits per heavy atom. The summed E-state index contributed by atoms with van der Waals surface area (Å²) in [5, 5.41) is 0. The van der Waals surface area contributed by atoms with Crippen molar-refractivity contribution in [2.75, 3.05) is 6.61 Å². The highest BCUT2D eigenvalue weighted by molar-refractivity contribution is 5.40. The molecule has 4 rings (SSSR count). The van der Waals surface area contributed by atoms with Gasteiger partial charge in [0, 0.05) is 12.3 Å². The zero-order valence-electron chi connectivity index (χ0n) is 14.8. The lowest BCUT2D eigenvalue weighted by Crippen LogP contribution is -2.23. The molecule has 1 atom stereocenters. The van der Waals surface area contributed by atoms with Crippen molar-refractivity contribution in [3.63, 3.8) is 0 Å². The van der Waals surface area contributed by atoms with Gasteiger partial charge in [0.25, 0.3) is 11.6 Å². The molecular weight excluding hydrogens is 316 g/mol. The van der Waals surface area contributed by atoms with Gasteiger partial charge in [-0.05, 0) is 47.9 Å². The SMILES string of the molecule is CC1(C)CCCCc2cc(OCC3Cn4ccc(=O)nc4O3)ccc21. The fourth-order valence-corrected chi connectivity index (χ4v) is 3.87. The van der Waals surface area contributed by atoms with Gasteiger partial charge >= 0.3 is 0 Å². The molecule has 1 aliphatic carbocycles. The minimum atomic E-state index is -0.277. The molecule has 0 saturated heterocycles.